The lowest BCUT2D eigenvalue weighted by Crippen LogP contribution is -2.49. The number of anilines is 1. The van der Waals surface area contributed by atoms with Crippen molar-refractivity contribution in [3.63, 3.8) is 0 Å². The fourth-order valence-corrected chi connectivity index (χ4v) is 5.29. The first-order valence-electron chi connectivity index (χ1n) is 11.6. The van der Waals surface area contributed by atoms with Gasteiger partial charge in [-0.15, -0.1) is 0 Å². The number of pyridine rings is 1. The number of piperidine rings is 1. The Labute approximate surface area is 196 Å². The van der Waals surface area contributed by atoms with Gasteiger partial charge in [-0.2, -0.15) is 0 Å². The monoisotopic (exact) mass is 464 g/mol. The number of hydrogen-bond acceptors (Lipinski definition) is 6. The molecule has 0 saturated carbocycles. The summed E-state index contributed by atoms with van der Waals surface area (Å²) in [6, 6.07) is 10.8. The number of methoxy groups -OCH3 is 1. The second kappa shape index (κ2) is 8.98. The predicted molar refractivity (Wildman–Crippen MR) is 127 cm³/mol. The van der Waals surface area contributed by atoms with Crippen molar-refractivity contribution in [2.24, 2.45) is 5.92 Å². The molecule has 5 rings (SSSR count). The Kier molecular flexibility index (Phi) is 5.87. The fraction of sp³-hybridized carbons (Fsp3) is 0.400. The minimum Gasteiger partial charge on any atom is -0.497 e. The molecule has 4 heterocycles. The maximum Gasteiger partial charge on any atom is 0.356 e. The minimum atomic E-state index is -0.525. The van der Waals surface area contributed by atoms with Crippen molar-refractivity contribution in [1.82, 2.24) is 14.5 Å². The zero-order valence-electron chi connectivity index (χ0n) is 19.3. The molecule has 2 aromatic heterocycles. The molecule has 1 fully saturated rings. The van der Waals surface area contributed by atoms with E-state index < -0.39 is 5.97 Å². The highest BCUT2D eigenvalue weighted by Gasteiger charge is 2.35. The van der Waals surface area contributed by atoms with Gasteiger partial charge in [-0.25, -0.2) is 4.79 Å². The van der Waals surface area contributed by atoms with E-state index >= 15 is 0 Å². The summed E-state index contributed by atoms with van der Waals surface area (Å²) in [6.07, 6.45) is 1.02. The number of likely N-dealkylation sites (tertiary alicyclic amines) is 1. The molecule has 178 valence electrons. The van der Waals surface area contributed by atoms with Crippen LogP contribution in [0.5, 0.6) is 5.75 Å². The molecule has 9 heteroatoms. The van der Waals surface area contributed by atoms with Crippen molar-refractivity contribution in [3.05, 3.63) is 58.1 Å². The maximum absolute atomic E-state index is 13.1. The van der Waals surface area contributed by atoms with Gasteiger partial charge in [-0.05, 0) is 43.5 Å². The summed E-state index contributed by atoms with van der Waals surface area (Å²) in [5.41, 5.74) is 2.39. The van der Waals surface area contributed by atoms with Crippen molar-refractivity contribution in [2.45, 2.75) is 25.8 Å². The van der Waals surface area contributed by atoms with Crippen LogP contribution in [-0.2, 0) is 16.1 Å². The molecule has 0 radical (unpaired) electrons. The van der Waals surface area contributed by atoms with E-state index in [-0.39, 0.29) is 36.2 Å². The van der Waals surface area contributed by atoms with Gasteiger partial charge in [-0.3, -0.25) is 14.5 Å². The third kappa shape index (κ3) is 4.07. The Hall–Kier alpha value is -3.59. The number of aromatic amines is 1. The lowest BCUT2D eigenvalue weighted by molar-refractivity contribution is -0.117. The second-order valence-corrected chi connectivity index (χ2v) is 8.95. The Morgan fingerprint density at radius 2 is 2.03 bits per heavy atom. The van der Waals surface area contributed by atoms with Crippen molar-refractivity contribution < 1.29 is 19.1 Å². The van der Waals surface area contributed by atoms with Gasteiger partial charge in [0.05, 0.1) is 25.9 Å². The average molecular weight is 465 g/mol. The molecular formula is C25H28N4O5. The number of ether oxygens (including phenoxy) is 2. The van der Waals surface area contributed by atoms with Crippen LogP contribution < -0.4 is 15.6 Å². The second-order valence-electron chi connectivity index (χ2n) is 8.95. The summed E-state index contributed by atoms with van der Waals surface area (Å²) in [6.45, 7) is 4.30. The number of nitrogens with zero attached hydrogens (tertiary/aromatic N) is 2. The number of nitrogens with one attached hydrogen (secondary N) is 2. The van der Waals surface area contributed by atoms with Gasteiger partial charge in [0.1, 0.15) is 11.4 Å². The van der Waals surface area contributed by atoms with Crippen LogP contribution in [0.4, 0.5) is 5.69 Å². The summed E-state index contributed by atoms with van der Waals surface area (Å²) in [5, 5.41) is 3.62. The molecule has 34 heavy (non-hydrogen) atoms. The molecule has 0 spiro atoms. The van der Waals surface area contributed by atoms with Gasteiger partial charge >= 0.3 is 5.97 Å². The van der Waals surface area contributed by atoms with Crippen LogP contribution in [-0.4, -0.2) is 59.7 Å². The summed E-state index contributed by atoms with van der Waals surface area (Å²) in [5.74, 6) is 0.436. The van der Waals surface area contributed by atoms with Gasteiger partial charge in [0, 0.05) is 48.2 Å². The SMILES string of the molecule is CCOC(=O)c1[nH]c2ccc(OC)cc2c1NC(=O)CN1CC2CC(C1)c1cccc(=O)n1C2. The van der Waals surface area contributed by atoms with Gasteiger partial charge in [0.2, 0.25) is 5.91 Å². The number of esters is 1. The number of benzene rings is 1. The maximum atomic E-state index is 13.1. The van der Waals surface area contributed by atoms with Crippen molar-refractivity contribution in [2.75, 3.05) is 38.7 Å². The Morgan fingerprint density at radius 1 is 1.18 bits per heavy atom. The highest BCUT2D eigenvalue weighted by atomic mass is 16.5. The lowest BCUT2D eigenvalue weighted by atomic mass is 9.83. The molecule has 3 aromatic rings. The van der Waals surface area contributed by atoms with Gasteiger partial charge in [0.15, 0.2) is 0 Å². The summed E-state index contributed by atoms with van der Waals surface area (Å²) >= 11 is 0. The quantitative estimate of drug-likeness (QED) is 0.543. The highest BCUT2D eigenvalue weighted by Crippen LogP contribution is 2.35. The van der Waals surface area contributed by atoms with Crippen molar-refractivity contribution in [1.29, 1.82) is 0 Å². The Bertz CT molecular complexity index is 1310. The third-order valence-electron chi connectivity index (χ3n) is 6.67. The number of fused-ring (bicyclic) bond motifs is 5. The van der Waals surface area contributed by atoms with Crippen LogP contribution in [0.25, 0.3) is 10.9 Å². The smallest absolute Gasteiger partial charge is 0.356 e. The van der Waals surface area contributed by atoms with E-state index in [1.54, 1.807) is 38.3 Å². The normalized spacial score (nSPS) is 19.5. The molecule has 0 aliphatic carbocycles. The molecule has 2 unspecified atom stereocenters. The molecule has 2 N–H and O–H groups in total. The van der Waals surface area contributed by atoms with E-state index in [4.69, 9.17) is 9.47 Å². The molecule has 2 bridgehead atoms. The molecular weight excluding hydrogens is 436 g/mol. The van der Waals surface area contributed by atoms with Gasteiger partial charge < -0.3 is 24.3 Å². The largest absolute Gasteiger partial charge is 0.497 e. The number of amides is 1. The first kappa shape index (κ1) is 22.2. The minimum absolute atomic E-state index is 0.0413. The summed E-state index contributed by atoms with van der Waals surface area (Å²) < 4.78 is 12.4. The zero-order valence-corrected chi connectivity index (χ0v) is 19.3. The van der Waals surface area contributed by atoms with Crippen LogP contribution in [0.15, 0.2) is 41.2 Å². The fourth-order valence-electron chi connectivity index (χ4n) is 5.29. The van der Waals surface area contributed by atoms with E-state index in [2.05, 4.69) is 15.2 Å². The molecule has 9 nitrogen and oxygen atoms in total. The first-order valence-corrected chi connectivity index (χ1v) is 11.6. The van der Waals surface area contributed by atoms with E-state index in [1.165, 1.54) is 0 Å². The number of carbonyl (C=O) groups is 2. The third-order valence-corrected chi connectivity index (χ3v) is 6.67. The van der Waals surface area contributed by atoms with Gasteiger partial charge in [0.25, 0.3) is 5.56 Å². The molecule has 2 aliphatic heterocycles. The number of hydrogen-bond donors (Lipinski definition) is 2. The summed E-state index contributed by atoms with van der Waals surface area (Å²) in [7, 11) is 1.57. The van der Waals surface area contributed by atoms with E-state index in [0.717, 1.165) is 18.7 Å². The number of carbonyl (C=O) groups excluding carboxylic acids is 2. The van der Waals surface area contributed by atoms with E-state index in [1.807, 2.05) is 16.7 Å². The molecule has 2 aliphatic rings. The standard InChI is InChI=1S/C25H28N4O5/c1-3-34-25(32)24-23(18-10-17(33-2)7-8-19(18)26-24)27-21(30)14-28-11-15-9-16(13-28)20-5-4-6-22(31)29(20)12-15/h4-8,10,15-16,26H,3,9,11-14H2,1-2H3,(H,27,30). The average Bonchev–Trinajstić information content (AvgIpc) is 3.17. The number of H-pyrrole nitrogens is 1. The van der Waals surface area contributed by atoms with Crippen LogP contribution in [0.1, 0.15) is 35.4 Å². The molecule has 1 aromatic carbocycles. The lowest BCUT2D eigenvalue weighted by Gasteiger charge is -2.42. The molecule has 1 saturated heterocycles. The van der Waals surface area contributed by atoms with Crippen LogP contribution in [0.2, 0.25) is 0 Å². The molecule has 2 atom stereocenters. The van der Waals surface area contributed by atoms with Crippen LogP contribution in [0, 0.1) is 5.92 Å². The van der Waals surface area contributed by atoms with Crippen molar-refractivity contribution >= 4 is 28.5 Å². The van der Waals surface area contributed by atoms with Gasteiger partial charge in [-0.1, -0.05) is 6.07 Å². The number of aromatic nitrogens is 2. The van der Waals surface area contributed by atoms with Crippen LogP contribution >= 0.6 is 0 Å². The zero-order chi connectivity index (χ0) is 23.8. The highest BCUT2D eigenvalue weighted by molar-refractivity contribution is 6.11. The van der Waals surface area contributed by atoms with Crippen LogP contribution in [0.3, 0.4) is 0 Å². The Morgan fingerprint density at radius 3 is 2.82 bits per heavy atom. The topological polar surface area (TPSA) is 106 Å². The predicted octanol–water partition coefficient (Wildman–Crippen LogP) is 2.57. The van der Waals surface area contributed by atoms with E-state index in [9.17, 15) is 14.4 Å². The number of rotatable bonds is 6. The Balaban J connectivity index is 1.37. The van der Waals surface area contributed by atoms with Crippen molar-refractivity contribution in [3.8, 4) is 5.75 Å². The summed E-state index contributed by atoms with van der Waals surface area (Å²) in [4.78, 5) is 43.1. The van der Waals surface area contributed by atoms with E-state index in [0.29, 0.717) is 41.3 Å². The molecule has 1 amide bonds. The first-order chi connectivity index (χ1) is 16.5.